The van der Waals surface area contributed by atoms with Crippen LogP contribution in [0.15, 0.2) is 22.5 Å². The average Bonchev–Trinajstić information content (AvgIpc) is 3.19. The minimum atomic E-state index is 0.00405. The van der Waals surface area contributed by atoms with E-state index in [1.54, 1.807) is 11.3 Å². The highest BCUT2D eigenvalue weighted by molar-refractivity contribution is 7.10. The van der Waals surface area contributed by atoms with E-state index in [4.69, 9.17) is 9.73 Å². The normalized spacial score (nSPS) is 19.5. The summed E-state index contributed by atoms with van der Waals surface area (Å²) < 4.78 is 5.71. The Bertz CT molecular complexity index is 606. The van der Waals surface area contributed by atoms with Crippen molar-refractivity contribution >= 4 is 23.2 Å². The second kappa shape index (κ2) is 12.0. The van der Waals surface area contributed by atoms with E-state index in [0.29, 0.717) is 19.6 Å². The highest BCUT2D eigenvalue weighted by Crippen LogP contribution is 2.27. The molecule has 3 N–H and O–H groups in total. The number of thiophene rings is 1. The number of hydrogen-bond donors (Lipinski definition) is 3. The third kappa shape index (κ3) is 7.41. The molecule has 8 heteroatoms. The largest absolute Gasteiger partial charge is 0.376 e. The van der Waals surface area contributed by atoms with Gasteiger partial charge in [-0.15, -0.1) is 11.3 Å². The molecule has 2 unspecified atom stereocenters. The first-order valence-corrected chi connectivity index (χ1v) is 11.1. The second-order valence-electron chi connectivity index (χ2n) is 7.30. The number of guanidine groups is 1. The van der Waals surface area contributed by atoms with Gasteiger partial charge in [0, 0.05) is 43.5 Å². The van der Waals surface area contributed by atoms with Gasteiger partial charge in [0.1, 0.15) is 0 Å². The summed E-state index contributed by atoms with van der Waals surface area (Å²) in [6.45, 7) is 13.3. The molecule has 0 saturated carbocycles. The number of nitrogens with zero attached hydrogens (tertiary/aromatic N) is 2. The van der Waals surface area contributed by atoms with Crippen molar-refractivity contribution in [3.05, 3.63) is 22.4 Å². The van der Waals surface area contributed by atoms with Crippen LogP contribution in [0.25, 0.3) is 0 Å². The van der Waals surface area contributed by atoms with Crippen LogP contribution in [0, 0.1) is 5.92 Å². The van der Waals surface area contributed by atoms with E-state index in [1.165, 1.54) is 4.88 Å². The fraction of sp³-hybridized carbons (Fsp3) is 0.700. The second-order valence-corrected chi connectivity index (χ2v) is 8.28. The minimum Gasteiger partial charge on any atom is -0.376 e. The maximum atomic E-state index is 11.7. The zero-order valence-electron chi connectivity index (χ0n) is 17.5. The number of amides is 1. The monoisotopic (exact) mass is 409 g/mol. The summed E-state index contributed by atoms with van der Waals surface area (Å²) in [6.07, 6.45) is 0.246. The van der Waals surface area contributed by atoms with Gasteiger partial charge in [-0.25, -0.2) is 0 Å². The first-order valence-electron chi connectivity index (χ1n) is 10.2. The fourth-order valence-corrected chi connectivity index (χ4v) is 3.94. The highest BCUT2D eigenvalue weighted by atomic mass is 32.1. The minimum absolute atomic E-state index is 0.00405. The smallest absolute Gasteiger partial charge is 0.222 e. The summed E-state index contributed by atoms with van der Waals surface area (Å²) in [6, 6.07) is 4.54. The summed E-state index contributed by atoms with van der Waals surface area (Å²) in [4.78, 5) is 20.3. The highest BCUT2D eigenvalue weighted by Gasteiger charge is 2.26. The van der Waals surface area contributed by atoms with Crippen molar-refractivity contribution in [1.29, 1.82) is 0 Å². The Hall–Kier alpha value is -1.64. The molecular weight excluding hydrogens is 374 g/mol. The summed E-state index contributed by atoms with van der Waals surface area (Å²) in [5.41, 5.74) is 0. The number of morpholine rings is 1. The Labute approximate surface area is 172 Å². The molecule has 0 radical (unpaired) electrons. The molecule has 0 aliphatic carbocycles. The lowest BCUT2D eigenvalue weighted by molar-refractivity contribution is -0.123. The predicted molar refractivity (Wildman–Crippen MR) is 116 cm³/mol. The summed E-state index contributed by atoms with van der Waals surface area (Å²) in [7, 11) is 0. The molecule has 1 aromatic heterocycles. The molecule has 1 aliphatic heterocycles. The van der Waals surface area contributed by atoms with Crippen LogP contribution in [0.3, 0.4) is 0 Å². The Kier molecular flexibility index (Phi) is 9.73. The molecule has 28 heavy (non-hydrogen) atoms. The SMILES string of the molecule is CCNC(=NCC(c1cccs1)N1CCOC(C)C1)NCCNC(=O)C(C)C. The van der Waals surface area contributed by atoms with Gasteiger partial charge in [0.15, 0.2) is 5.96 Å². The molecule has 7 nitrogen and oxygen atoms in total. The van der Waals surface area contributed by atoms with Crippen molar-refractivity contribution in [3.63, 3.8) is 0 Å². The average molecular weight is 410 g/mol. The number of carbonyl (C=O) groups excluding carboxylic acids is 1. The summed E-state index contributed by atoms with van der Waals surface area (Å²) in [5, 5.41) is 11.6. The zero-order valence-corrected chi connectivity index (χ0v) is 18.3. The maximum Gasteiger partial charge on any atom is 0.222 e. The van der Waals surface area contributed by atoms with Gasteiger partial charge in [0.05, 0.1) is 25.3 Å². The molecule has 1 aliphatic rings. The zero-order chi connectivity index (χ0) is 20.4. The van der Waals surface area contributed by atoms with Gasteiger partial charge in [-0.2, -0.15) is 0 Å². The van der Waals surface area contributed by atoms with Crippen LogP contribution in [0.4, 0.5) is 0 Å². The van der Waals surface area contributed by atoms with E-state index < -0.39 is 0 Å². The lowest BCUT2D eigenvalue weighted by Crippen LogP contribution is -2.45. The van der Waals surface area contributed by atoms with Crippen molar-refractivity contribution in [3.8, 4) is 0 Å². The van der Waals surface area contributed by atoms with Gasteiger partial charge in [-0.05, 0) is 25.3 Å². The van der Waals surface area contributed by atoms with Crippen molar-refractivity contribution in [2.24, 2.45) is 10.9 Å². The van der Waals surface area contributed by atoms with Crippen LogP contribution in [-0.2, 0) is 9.53 Å². The van der Waals surface area contributed by atoms with E-state index in [0.717, 1.165) is 32.2 Å². The third-order valence-electron chi connectivity index (χ3n) is 4.59. The number of aliphatic imine (C=N–C) groups is 1. The van der Waals surface area contributed by atoms with Gasteiger partial charge in [0.25, 0.3) is 0 Å². The lowest BCUT2D eigenvalue weighted by atomic mass is 10.1. The van der Waals surface area contributed by atoms with Crippen LogP contribution in [0.5, 0.6) is 0 Å². The van der Waals surface area contributed by atoms with Crippen molar-refractivity contribution in [1.82, 2.24) is 20.9 Å². The van der Waals surface area contributed by atoms with E-state index in [2.05, 4.69) is 52.2 Å². The molecule has 1 saturated heterocycles. The third-order valence-corrected chi connectivity index (χ3v) is 5.57. The number of rotatable bonds is 9. The van der Waals surface area contributed by atoms with Crippen LogP contribution in [-0.4, -0.2) is 68.7 Å². The quantitative estimate of drug-likeness (QED) is 0.330. The number of hydrogen-bond acceptors (Lipinski definition) is 5. The molecule has 1 fully saturated rings. The van der Waals surface area contributed by atoms with Crippen molar-refractivity contribution < 1.29 is 9.53 Å². The van der Waals surface area contributed by atoms with Gasteiger partial charge in [0.2, 0.25) is 5.91 Å². The van der Waals surface area contributed by atoms with Gasteiger partial charge in [-0.1, -0.05) is 19.9 Å². The Balaban J connectivity index is 1.95. The standard InChI is InChI=1S/C20H35N5O2S/c1-5-21-20(23-9-8-22-19(26)15(2)3)24-13-17(18-7-6-12-28-18)25-10-11-27-16(4)14-25/h6-7,12,15-17H,5,8-11,13-14H2,1-4H3,(H,22,26)(H2,21,23,24). The molecule has 1 aromatic rings. The first-order chi connectivity index (χ1) is 13.5. The molecule has 158 valence electrons. The van der Waals surface area contributed by atoms with Crippen LogP contribution in [0.1, 0.15) is 38.6 Å². The molecule has 2 atom stereocenters. The van der Waals surface area contributed by atoms with E-state index in [1.807, 2.05) is 13.8 Å². The Morgan fingerprint density at radius 2 is 2.14 bits per heavy atom. The first kappa shape index (κ1) is 22.6. The Morgan fingerprint density at radius 3 is 2.79 bits per heavy atom. The number of carbonyl (C=O) groups is 1. The van der Waals surface area contributed by atoms with Gasteiger partial charge in [-0.3, -0.25) is 14.7 Å². The molecular formula is C20H35N5O2S. The molecule has 0 aromatic carbocycles. The molecule has 0 bridgehead atoms. The van der Waals surface area contributed by atoms with Gasteiger partial charge >= 0.3 is 0 Å². The molecule has 1 amide bonds. The van der Waals surface area contributed by atoms with E-state index in [-0.39, 0.29) is 24.0 Å². The molecule has 2 heterocycles. The van der Waals surface area contributed by atoms with Crippen LogP contribution < -0.4 is 16.0 Å². The fourth-order valence-electron chi connectivity index (χ4n) is 3.08. The van der Waals surface area contributed by atoms with Gasteiger partial charge < -0.3 is 20.7 Å². The van der Waals surface area contributed by atoms with Crippen molar-refractivity contribution in [2.75, 3.05) is 45.9 Å². The van der Waals surface area contributed by atoms with Crippen LogP contribution >= 0.6 is 11.3 Å². The summed E-state index contributed by atoms with van der Waals surface area (Å²) >= 11 is 1.78. The van der Waals surface area contributed by atoms with Crippen LogP contribution in [0.2, 0.25) is 0 Å². The lowest BCUT2D eigenvalue weighted by Gasteiger charge is -2.36. The van der Waals surface area contributed by atoms with Crippen molar-refractivity contribution in [2.45, 2.75) is 39.8 Å². The predicted octanol–water partition coefficient (Wildman–Crippen LogP) is 1.84. The summed E-state index contributed by atoms with van der Waals surface area (Å²) in [5.74, 6) is 0.858. The number of nitrogens with one attached hydrogen (secondary N) is 3. The number of ether oxygens (including phenoxy) is 1. The topological polar surface area (TPSA) is 78.0 Å². The Morgan fingerprint density at radius 1 is 1.36 bits per heavy atom. The maximum absolute atomic E-state index is 11.7. The molecule has 2 rings (SSSR count). The van der Waals surface area contributed by atoms with E-state index in [9.17, 15) is 4.79 Å². The molecule has 0 spiro atoms. The van der Waals surface area contributed by atoms with E-state index >= 15 is 0 Å².